The Morgan fingerprint density at radius 2 is 2.05 bits per heavy atom. The van der Waals surface area contributed by atoms with Gasteiger partial charge in [0.15, 0.2) is 0 Å². The van der Waals surface area contributed by atoms with Crippen molar-refractivity contribution in [1.82, 2.24) is 15.1 Å². The molecule has 0 aliphatic heterocycles. The van der Waals surface area contributed by atoms with Crippen LogP contribution in [-0.2, 0) is 9.59 Å². The number of anilines is 1. The van der Waals surface area contributed by atoms with Crippen LogP contribution in [0.15, 0.2) is 12.3 Å². The predicted octanol–water partition coefficient (Wildman–Crippen LogP) is 2.74. The zero-order chi connectivity index (χ0) is 16.8. The molecule has 1 aromatic rings. The molecule has 22 heavy (non-hydrogen) atoms. The summed E-state index contributed by atoms with van der Waals surface area (Å²) in [7, 11) is 0. The van der Waals surface area contributed by atoms with E-state index in [4.69, 9.17) is 0 Å². The van der Waals surface area contributed by atoms with Crippen LogP contribution < -0.4 is 10.6 Å². The van der Waals surface area contributed by atoms with Gasteiger partial charge in [-0.2, -0.15) is 5.10 Å². The summed E-state index contributed by atoms with van der Waals surface area (Å²) in [5.41, 5.74) is -0.398. The first kappa shape index (κ1) is 18.2. The molecule has 124 valence electrons. The summed E-state index contributed by atoms with van der Waals surface area (Å²) in [5.74, 6) is 0.663. The highest BCUT2D eigenvalue weighted by Crippen LogP contribution is 2.16. The van der Waals surface area contributed by atoms with E-state index in [1.54, 1.807) is 12.3 Å². The first-order chi connectivity index (χ1) is 10.3. The van der Waals surface area contributed by atoms with Crippen LogP contribution in [0, 0.1) is 5.41 Å². The molecule has 1 rings (SSSR count). The molecule has 6 heteroatoms. The topological polar surface area (TPSA) is 76.0 Å². The van der Waals surface area contributed by atoms with Gasteiger partial charge in [0.2, 0.25) is 11.8 Å². The Bertz CT molecular complexity index is 502. The van der Waals surface area contributed by atoms with Crippen LogP contribution in [-0.4, -0.2) is 28.1 Å². The zero-order valence-corrected chi connectivity index (χ0v) is 14.3. The molecule has 0 aliphatic rings. The van der Waals surface area contributed by atoms with Crippen LogP contribution in [0.5, 0.6) is 0 Å². The molecule has 1 aromatic heterocycles. The predicted molar refractivity (Wildman–Crippen MR) is 87.6 cm³/mol. The van der Waals surface area contributed by atoms with Crippen LogP contribution in [0.1, 0.15) is 59.9 Å². The SMILES string of the molecule is CCC(C)n1nccc1NC(=O)CCCNC(=O)C(C)(C)C. The molecule has 0 saturated carbocycles. The fraction of sp³-hybridized carbons (Fsp3) is 0.688. The van der Waals surface area contributed by atoms with Crippen molar-refractivity contribution in [2.75, 3.05) is 11.9 Å². The van der Waals surface area contributed by atoms with Crippen LogP contribution in [0.25, 0.3) is 0 Å². The minimum atomic E-state index is -0.398. The lowest BCUT2D eigenvalue weighted by atomic mass is 9.96. The first-order valence-electron chi connectivity index (χ1n) is 7.87. The molecule has 0 radical (unpaired) electrons. The fourth-order valence-corrected chi connectivity index (χ4v) is 1.86. The lowest BCUT2D eigenvalue weighted by Crippen LogP contribution is -2.35. The van der Waals surface area contributed by atoms with E-state index in [2.05, 4.69) is 29.6 Å². The maximum atomic E-state index is 12.0. The van der Waals surface area contributed by atoms with E-state index in [1.807, 2.05) is 25.5 Å². The second kappa shape index (κ2) is 7.96. The molecule has 0 spiro atoms. The van der Waals surface area contributed by atoms with Crippen molar-refractivity contribution in [1.29, 1.82) is 0 Å². The normalized spacial score (nSPS) is 12.8. The second-order valence-corrected chi connectivity index (χ2v) is 6.58. The summed E-state index contributed by atoms with van der Waals surface area (Å²) in [5, 5.41) is 9.94. The highest BCUT2D eigenvalue weighted by atomic mass is 16.2. The van der Waals surface area contributed by atoms with Gasteiger partial charge in [-0.05, 0) is 19.8 Å². The van der Waals surface area contributed by atoms with E-state index < -0.39 is 5.41 Å². The highest BCUT2D eigenvalue weighted by Gasteiger charge is 2.20. The Labute approximate surface area is 132 Å². The van der Waals surface area contributed by atoms with Gasteiger partial charge in [0.05, 0.1) is 12.2 Å². The van der Waals surface area contributed by atoms with Gasteiger partial charge in [0, 0.05) is 24.4 Å². The Morgan fingerprint density at radius 1 is 1.36 bits per heavy atom. The summed E-state index contributed by atoms with van der Waals surface area (Å²) >= 11 is 0. The quantitative estimate of drug-likeness (QED) is 0.760. The number of nitrogens with one attached hydrogen (secondary N) is 2. The Hall–Kier alpha value is -1.85. The van der Waals surface area contributed by atoms with E-state index in [9.17, 15) is 9.59 Å². The molecular weight excluding hydrogens is 280 g/mol. The van der Waals surface area contributed by atoms with Gasteiger partial charge in [-0.15, -0.1) is 0 Å². The fourth-order valence-electron chi connectivity index (χ4n) is 1.86. The van der Waals surface area contributed by atoms with Gasteiger partial charge >= 0.3 is 0 Å². The largest absolute Gasteiger partial charge is 0.356 e. The number of carbonyl (C=O) groups excluding carboxylic acids is 2. The van der Waals surface area contributed by atoms with Crippen molar-refractivity contribution in [2.45, 2.75) is 59.9 Å². The van der Waals surface area contributed by atoms with Gasteiger partial charge in [-0.25, -0.2) is 4.68 Å². The van der Waals surface area contributed by atoms with Crippen molar-refractivity contribution in [3.63, 3.8) is 0 Å². The molecule has 0 bridgehead atoms. The van der Waals surface area contributed by atoms with E-state index in [0.29, 0.717) is 19.4 Å². The number of amides is 2. The third-order valence-electron chi connectivity index (χ3n) is 3.49. The van der Waals surface area contributed by atoms with Gasteiger partial charge in [-0.1, -0.05) is 27.7 Å². The maximum Gasteiger partial charge on any atom is 0.225 e. The van der Waals surface area contributed by atoms with Crippen molar-refractivity contribution in [3.05, 3.63) is 12.3 Å². The third-order valence-corrected chi connectivity index (χ3v) is 3.49. The summed E-state index contributed by atoms with van der Waals surface area (Å²) in [6.45, 7) is 10.2. The lowest BCUT2D eigenvalue weighted by Gasteiger charge is -2.17. The number of carbonyl (C=O) groups is 2. The number of aromatic nitrogens is 2. The molecule has 0 fully saturated rings. The molecule has 0 saturated heterocycles. The Morgan fingerprint density at radius 3 is 2.64 bits per heavy atom. The molecule has 1 atom stereocenters. The second-order valence-electron chi connectivity index (χ2n) is 6.58. The monoisotopic (exact) mass is 308 g/mol. The minimum absolute atomic E-state index is 0.00255. The van der Waals surface area contributed by atoms with Crippen LogP contribution in [0.2, 0.25) is 0 Å². The van der Waals surface area contributed by atoms with E-state index in [-0.39, 0.29) is 17.9 Å². The number of hydrogen-bond acceptors (Lipinski definition) is 3. The van der Waals surface area contributed by atoms with Crippen molar-refractivity contribution in [3.8, 4) is 0 Å². The maximum absolute atomic E-state index is 12.0. The smallest absolute Gasteiger partial charge is 0.225 e. The molecule has 2 N–H and O–H groups in total. The average Bonchev–Trinajstić information content (AvgIpc) is 2.89. The van der Waals surface area contributed by atoms with Crippen LogP contribution >= 0.6 is 0 Å². The number of rotatable bonds is 7. The van der Waals surface area contributed by atoms with E-state index in [0.717, 1.165) is 12.2 Å². The molecule has 0 aromatic carbocycles. The van der Waals surface area contributed by atoms with E-state index >= 15 is 0 Å². The summed E-state index contributed by atoms with van der Waals surface area (Å²) < 4.78 is 1.82. The van der Waals surface area contributed by atoms with Crippen LogP contribution in [0.4, 0.5) is 5.82 Å². The Balaban J connectivity index is 2.36. The molecule has 2 amide bonds. The Kier molecular flexibility index (Phi) is 6.59. The van der Waals surface area contributed by atoms with Crippen molar-refractivity contribution < 1.29 is 9.59 Å². The van der Waals surface area contributed by atoms with Crippen molar-refractivity contribution >= 4 is 17.6 Å². The molecule has 1 heterocycles. The van der Waals surface area contributed by atoms with Crippen LogP contribution in [0.3, 0.4) is 0 Å². The average molecular weight is 308 g/mol. The molecular formula is C16H28N4O2. The van der Waals surface area contributed by atoms with E-state index in [1.165, 1.54) is 0 Å². The van der Waals surface area contributed by atoms with Gasteiger partial charge in [0.25, 0.3) is 0 Å². The summed E-state index contributed by atoms with van der Waals surface area (Å²) in [6, 6.07) is 2.04. The summed E-state index contributed by atoms with van der Waals surface area (Å²) in [6.07, 6.45) is 3.62. The molecule has 0 aliphatic carbocycles. The summed E-state index contributed by atoms with van der Waals surface area (Å²) in [4.78, 5) is 23.6. The number of nitrogens with zero attached hydrogens (tertiary/aromatic N) is 2. The zero-order valence-electron chi connectivity index (χ0n) is 14.3. The third kappa shape index (κ3) is 5.50. The molecule has 1 unspecified atom stereocenters. The highest BCUT2D eigenvalue weighted by molar-refractivity contribution is 5.89. The number of hydrogen-bond donors (Lipinski definition) is 2. The van der Waals surface area contributed by atoms with Gasteiger partial charge in [0.1, 0.15) is 5.82 Å². The standard InChI is InChI=1S/C16H28N4O2/c1-6-12(2)20-13(9-11-18-20)19-14(21)8-7-10-17-15(22)16(3,4)5/h9,11-12H,6-8,10H2,1-5H3,(H,17,22)(H,19,21). The minimum Gasteiger partial charge on any atom is -0.356 e. The van der Waals surface area contributed by atoms with Gasteiger partial charge in [-0.3, -0.25) is 9.59 Å². The lowest BCUT2D eigenvalue weighted by molar-refractivity contribution is -0.128. The van der Waals surface area contributed by atoms with Crippen molar-refractivity contribution in [2.24, 2.45) is 5.41 Å². The molecule has 6 nitrogen and oxygen atoms in total. The first-order valence-corrected chi connectivity index (χ1v) is 7.87. The van der Waals surface area contributed by atoms with Gasteiger partial charge < -0.3 is 10.6 Å².